The monoisotopic (exact) mass is 376 g/mol. The van der Waals surface area contributed by atoms with E-state index in [1.807, 2.05) is 30.3 Å². The molecule has 0 aromatic heterocycles. The van der Waals surface area contributed by atoms with Crippen LogP contribution in [0.25, 0.3) is 5.57 Å². The molecule has 26 heavy (non-hydrogen) atoms. The Kier molecular flexibility index (Phi) is 5.76. The topological polar surface area (TPSA) is 75.7 Å². The lowest BCUT2D eigenvalue weighted by Gasteiger charge is -2.37. The zero-order chi connectivity index (χ0) is 18.7. The average Bonchev–Trinajstić information content (AvgIpc) is 2.95. The Morgan fingerprint density at radius 1 is 1.27 bits per heavy atom. The van der Waals surface area contributed by atoms with Gasteiger partial charge in [-0.1, -0.05) is 30.3 Å². The SMILES string of the molecule is COC(=O)C1=C(c2ccccc2)C[C@@H]2CC[C@H]1N2C(=O)NCCS(C)=O. The Labute approximate surface area is 156 Å². The molecule has 2 heterocycles. The van der Waals surface area contributed by atoms with Gasteiger partial charge < -0.3 is 15.0 Å². The highest BCUT2D eigenvalue weighted by molar-refractivity contribution is 7.84. The van der Waals surface area contributed by atoms with Crippen LogP contribution in [-0.4, -0.2) is 58.9 Å². The molecule has 1 unspecified atom stereocenters. The summed E-state index contributed by atoms with van der Waals surface area (Å²) in [6, 6.07) is 9.41. The number of carbonyl (C=O) groups excluding carboxylic acids is 2. The van der Waals surface area contributed by atoms with Crippen molar-refractivity contribution in [1.82, 2.24) is 10.2 Å². The van der Waals surface area contributed by atoms with Crippen LogP contribution in [-0.2, 0) is 20.3 Å². The van der Waals surface area contributed by atoms with Crippen LogP contribution in [0.4, 0.5) is 4.79 Å². The van der Waals surface area contributed by atoms with E-state index in [4.69, 9.17) is 4.74 Å². The van der Waals surface area contributed by atoms with Crippen LogP contribution in [0.5, 0.6) is 0 Å². The maximum atomic E-state index is 12.7. The Morgan fingerprint density at radius 2 is 2.00 bits per heavy atom. The molecule has 7 heteroatoms. The molecule has 6 nitrogen and oxygen atoms in total. The third-order valence-electron chi connectivity index (χ3n) is 5.03. The van der Waals surface area contributed by atoms with Crippen molar-refractivity contribution < 1.29 is 18.5 Å². The maximum absolute atomic E-state index is 12.7. The first-order valence-electron chi connectivity index (χ1n) is 8.76. The van der Waals surface area contributed by atoms with Crippen molar-refractivity contribution in [3.05, 3.63) is 41.5 Å². The first-order valence-corrected chi connectivity index (χ1v) is 10.5. The summed E-state index contributed by atoms with van der Waals surface area (Å²) in [5, 5.41) is 2.84. The highest BCUT2D eigenvalue weighted by atomic mass is 32.2. The van der Waals surface area contributed by atoms with Gasteiger partial charge in [0.15, 0.2) is 0 Å². The molecule has 0 spiro atoms. The summed E-state index contributed by atoms with van der Waals surface area (Å²) in [5.41, 5.74) is 2.57. The lowest BCUT2D eigenvalue weighted by molar-refractivity contribution is -0.136. The first-order chi connectivity index (χ1) is 12.5. The summed E-state index contributed by atoms with van der Waals surface area (Å²) < 4.78 is 16.2. The summed E-state index contributed by atoms with van der Waals surface area (Å²) in [6.07, 6.45) is 3.85. The summed E-state index contributed by atoms with van der Waals surface area (Å²) in [7, 11) is 0.423. The molecule has 1 saturated heterocycles. The number of hydrogen-bond acceptors (Lipinski definition) is 4. The summed E-state index contributed by atoms with van der Waals surface area (Å²) in [6.45, 7) is 0.362. The molecule has 0 aliphatic carbocycles. The van der Waals surface area contributed by atoms with E-state index in [1.165, 1.54) is 7.11 Å². The third kappa shape index (κ3) is 3.67. The van der Waals surface area contributed by atoms with Crippen molar-refractivity contribution in [2.75, 3.05) is 25.7 Å². The van der Waals surface area contributed by atoms with Crippen molar-refractivity contribution in [1.29, 1.82) is 0 Å². The first kappa shape index (κ1) is 18.6. The number of benzene rings is 1. The zero-order valence-electron chi connectivity index (χ0n) is 15.1. The van der Waals surface area contributed by atoms with E-state index in [0.717, 1.165) is 24.0 Å². The van der Waals surface area contributed by atoms with Crippen LogP contribution < -0.4 is 5.32 Å². The molecule has 1 aromatic carbocycles. The van der Waals surface area contributed by atoms with Crippen LogP contribution in [0.3, 0.4) is 0 Å². The van der Waals surface area contributed by atoms with Crippen LogP contribution in [0.2, 0.25) is 0 Å². The molecule has 2 bridgehead atoms. The van der Waals surface area contributed by atoms with Gasteiger partial charge in [-0.2, -0.15) is 0 Å². The Balaban J connectivity index is 1.89. The van der Waals surface area contributed by atoms with E-state index in [-0.39, 0.29) is 24.1 Å². The third-order valence-corrected chi connectivity index (χ3v) is 5.81. The number of amides is 2. The number of hydrogen-bond donors (Lipinski definition) is 1. The number of nitrogens with zero attached hydrogens (tertiary/aromatic N) is 1. The van der Waals surface area contributed by atoms with Gasteiger partial charge in [-0.05, 0) is 30.4 Å². The molecule has 1 fully saturated rings. The van der Waals surface area contributed by atoms with Crippen molar-refractivity contribution in [3.63, 3.8) is 0 Å². The zero-order valence-corrected chi connectivity index (χ0v) is 15.9. The normalized spacial score (nSPS) is 22.9. The summed E-state index contributed by atoms with van der Waals surface area (Å²) >= 11 is 0. The molecule has 2 amide bonds. The predicted octanol–water partition coefficient (Wildman–Crippen LogP) is 1.94. The largest absolute Gasteiger partial charge is 0.466 e. The Bertz CT molecular complexity index is 747. The van der Waals surface area contributed by atoms with E-state index < -0.39 is 10.8 Å². The predicted molar refractivity (Wildman–Crippen MR) is 101 cm³/mol. The average molecular weight is 376 g/mol. The molecule has 140 valence electrons. The second-order valence-corrected chi connectivity index (χ2v) is 8.17. The number of carbonyl (C=O) groups is 2. The number of urea groups is 1. The van der Waals surface area contributed by atoms with E-state index in [9.17, 15) is 13.8 Å². The minimum absolute atomic E-state index is 0.0655. The summed E-state index contributed by atoms with van der Waals surface area (Å²) in [5.74, 6) is 0.0471. The van der Waals surface area contributed by atoms with Gasteiger partial charge in [-0.15, -0.1) is 0 Å². The second kappa shape index (κ2) is 8.03. The van der Waals surface area contributed by atoms with Crippen molar-refractivity contribution in [2.24, 2.45) is 0 Å². The number of esters is 1. The van der Waals surface area contributed by atoms with Gasteiger partial charge in [0, 0.05) is 35.4 Å². The molecule has 3 rings (SSSR count). The molecule has 2 aliphatic rings. The highest BCUT2D eigenvalue weighted by Gasteiger charge is 2.46. The fraction of sp³-hybridized carbons (Fsp3) is 0.474. The van der Waals surface area contributed by atoms with Gasteiger partial charge in [0.25, 0.3) is 0 Å². The number of fused-ring (bicyclic) bond motifs is 2. The van der Waals surface area contributed by atoms with E-state index >= 15 is 0 Å². The standard InChI is InChI=1S/C19H24N2O4S/c1-25-18(22)17-15(13-6-4-3-5-7-13)12-14-8-9-16(17)21(14)19(23)20-10-11-26(2)24/h3-7,14,16H,8-12H2,1-2H3,(H,20,23)/t14-,16+,26?/m0/s1. The number of nitrogens with one attached hydrogen (secondary N) is 1. The minimum atomic E-state index is -0.952. The molecular weight excluding hydrogens is 352 g/mol. The van der Waals surface area contributed by atoms with Crippen LogP contribution in [0.15, 0.2) is 35.9 Å². The van der Waals surface area contributed by atoms with Gasteiger partial charge >= 0.3 is 12.0 Å². The molecule has 0 radical (unpaired) electrons. The minimum Gasteiger partial charge on any atom is -0.466 e. The second-order valence-electron chi connectivity index (χ2n) is 6.62. The number of ether oxygens (including phenoxy) is 1. The van der Waals surface area contributed by atoms with E-state index in [1.54, 1.807) is 11.2 Å². The maximum Gasteiger partial charge on any atom is 0.336 e. The Hall–Kier alpha value is -2.15. The molecule has 3 atom stereocenters. The van der Waals surface area contributed by atoms with E-state index in [0.29, 0.717) is 24.3 Å². The highest BCUT2D eigenvalue weighted by Crippen LogP contribution is 2.43. The van der Waals surface area contributed by atoms with E-state index in [2.05, 4.69) is 5.32 Å². The summed E-state index contributed by atoms with van der Waals surface area (Å²) in [4.78, 5) is 27.0. The molecule has 1 N–H and O–H groups in total. The molecular formula is C19H24N2O4S. The van der Waals surface area contributed by atoms with Crippen LogP contribution in [0, 0.1) is 0 Å². The number of rotatable bonds is 5. The van der Waals surface area contributed by atoms with Crippen molar-refractivity contribution >= 4 is 28.4 Å². The molecule has 1 aromatic rings. The number of methoxy groups -OCH3 is 1. The molecule has 2 aliphatic heterocycles. The van der Waals surface area contributed by atoms with Crippen LogP contribution >= 0.6 is 0 Å². The van der Waals surface area contributed by atoms with Gasteiger partial charge in [0.1, 0.15) is 0 Å². The lowest BCUT2D eigenvalue weighted by atomic mass is 9.88. The van der Waals surface area contributed by atoms with Gasteiger partial charge in [-0.25, -0.2) is 9.59 Å². The fourth-order valence-corrected chi connectivity index (χ4v) is 4.29. The van der Waals surface area contributed by atoms with Gasteiger partial charge in [0.2, 0.25) is 0 Å². The van der Waals surface area contributed by atoms with Gasteiger partial charge in [0.05, 0.1) is 18.7 Å². The van der Waals surface area contributed by atoms with Gasteiger partial charge in [-0.3, -0.25) is 4.21 Å². The smallest absolute Gasteiger partial charge is 0.336 e. The van der Waals surface area contributed by atoms with Crippen molar-refractivity contribution in [3.8, 4) is 0 Å². The van der Waals surface area contributed by atoms with Crippen molar-refractivity contribution in [2.45, 2.75) is 31.3 Å². The lowest BCUT2D eigenvalue weighted by Crippen LogP contribution is -2.51. The quantitative estimate of drug-likeness (QED) is 0.797. The van der Waals surface area contributed by atoms with Crippen LogP contribution in [0.1, 0.15) is 24.8 Å². The Morgan fingerprint density at radius 3 is 2.65 bits per heavy atom. The fourth-order valence-electron chi connectivity index (χ4n) is 3.90. The molecule has 0 saturated carbocycles.